The number of rotatable bonds is 3. The number of hydrogen-bond acceptors (Lipinski definition) is 4. The smallest absolute Gasteiger partial charge is 0.144 e. The van der Waals surface area contributed by atoms with E-state index in [1.807, 2.05) is 6.07 Å². The summed E-state index contributed by atoms with van der Waals surface area (Å²) < 4.78 is 0. The maximum atomic E-state index is 5.47. The van der Waals surface area contributed by atoms with Crippen LogP contribution in [0.3, 0.4) is 0 Å². The van der Waals surface area contributed by atoms with E-state index in [2.05, 4.69) is 21.4 Å². The molecule has 2 heterocycles. The molecule has 4 heteroatoms. The minimum absolute atomic E-state index is 0.802. The summed E-state index contributed by atoms with van der Waals surface area (Å²) in [7, 11) is 0. The Hall–Kier alpha value is -1.13. The minimum Gasteiger partial charge on any atom is -0.308 e. The topological polar surface area (TPSA) is 54.2 Å². The molecule has 0 amide bonds. The monoisotopic (exact) mass is 218 g/mol. The van der Waals surface area contributed by atoms with Gasteiger partial charge in [0.15, 0.2) is 0 Å². The highest BCUT2D eigenvalue weighted by molar-refractivity contribution is 5.42. The van der Waals surface area contributed by atoms with Gasteiger partial charge in [-0.2, -0.15) is 0 Å². The van der Waals surface area contributed by atoms with Gasteiger partial charge in [0.05, 0.1) is 0 Å². The fourth-order valence-corrected chi connectivity index (χ4v) is 3.14. The van der Waals surface area contributed by atoms with Crippen molar-refractivity contribution in [2.75, 3.05) is 12.0 Å². The Morgan fingerprint density at radius 3 is 3.12 bits per heavy atom. The van der Waals surface area contributed by atoms with Crippen LogP contribution >= 0.6 is 0 Å². The maximum Gasteiger partial charge on any atom is 0.144 e. The van der Waals surface area contributed by atoms with E-state index in [1.165, 1.54) is 31.4 Å². The second-order valence-corrected chi connectivity index (χ2v) is 4.92. The first-order valence-electron chi connectivity index (χ1n) is 6.01. The summed E-state index contributed by atoms with van der Waals surface area (Å²) in [6.45, 7) is 2.23. The van der Waals surface area contributed by atoms with E-state index in [0.717, 1.165) is 24.3 Å². The molecule has 0 spiro atoms. The van der Waals surface area contributed by atoms with Crippen molar-refractivity contribution in [1.29, 1.82) is 0 Å². The number of pyridine rings is 1. The van der Waals surface area contributed by atoms with Gasteiger partial charge in [-0.25, -0.2) is 10.8 Å². The van der Waals surface area contributed by atoms with Gasteiger partial charge in [-0.1, -0.05) is 6.07 Å². The highest BCUT2D eigenvalue weighted by Gasteiger charge is 2.37. The molecule has 3 N–H and O–H groups in total. The zero-order valence-electron chi connectivity index (χ0n) is 9.39. The highest BCUT2D eigenvalue weighted by atomic mass is 15.3. The van der Waals surface area contributed by atoms with Crippen LogP contribution in [-0.4, -0.2) is 22.5 Å². The Bertz CT molecular complexity index is 379. The normalized spacial score (nSPS) is 28.6. The van der Waals surface area contributed by atoms with Gasteiger partial charge in [0.2, 0.25) is 0 Å². The molecule has 3 rings (SSSR count). The lowest BCUT2D eigenvalue weighted by Gasteiger charge is -2.27. The van der Waals surface area contributed by atoms with Crippen molar-refractivity contribution in [1.82, 2.24) is 9.88 Å². The Morgan fingerprint density at radius 2 is 2.44 bits per heavy atom. The van der Waals surface area contributed by atoms with Crippen molar-refractivity contribution in [2.45, 2.75) is 31.8 Å². The van der Waals surface area contributed by atoms with Crippen molar-refractivity contribution in [2.24, 2.45) is 11.8 Å². The number of piperidine rings is 1. The maximum absolute atomic E-state index is 5.47. The van der Waals surface area contributed by atoms with Crippen LogP contribution in [0.15, 0.2) is 18.3 Å². The predicted octanol–water partition coefficient (Wildman–Crippen LogP) is 1.35. The highest BCUT2D eigenvalue weighted by Crippen LogP contribution is 2.38. The molecule has 16 heavy (non-hydrogen) atoms. The number of nitrogens with two attached hydrogens (primary N) is 1. The van der Waals surface area contributed by atoms with Crippen LogP contribution in [0.25, 0.3) is 0 Å². The summed E-state index contributed by atoms with van der Waals surface area (Å²) in [4.78, 5) is 6.81. The minimum atomic E-state index is 0.802. The molecule has 2 unspecified atom stereocenters. The first kappa shape index (κ1) is 10.1. The quantitative estimate of drug-likeness (QED) is 0.594. The van der Waals surface area contributed by atoms with Gasteiger partial charge in [-0.15, -0.1) is 0 Å². The average Bonchev–Trinajstić information content (AvgIpc) is 2.92. The summed E-state index contributed by atoms with van der Waals surface area (Å²) in [5.41, 5.74) is 3.88. The number of likely N-dealkylation sites (tertiary alicyclic amines) is 1. The van der Waals surface area contributed by atoms with E-state index in [9.17, 15) is 0 Å². The molecule has 2 fully saturated rings. The summed E-state index contributed by atoms with van der Waals surface area (Å²) >= 11 is 0. The van der Waals surface area contributed by atoms with Crippen LogP contribution in [-0.2, 0) is 6.54 Å². The van der Waals surface area contributed by atoms with Crippen LogP contribution in [0, 0.1) is 5.92 Å². The standard InChI is InChI=1S/C12H18N4/c13-15-12-10(2-1-5-14-12)8-16-7-9-3-4-11(16)6-9/h1-2,5,9,11H,3-4,6-8,13H2,(H,14,15). The van der Waals surface area contributed by atoms with Gasteiger partial charge in [-0.05, 0) is 31.2 Å². The van der Waals surface area contributed by atoms with Crippen molar-refractivity contribution < 1.29 is 0 Å². The molecule has 2 bridgehead atoms. The second kappa shape index (κ2) is 4.03. The van der Waals surface area contributed by atoms with Gasteiger partial charge in [-0.3, -0.25) is 4.90 Å². The number of hydrazine groups is 1. The predicted molar refractivity (Wildman–Crippen MR) is 63.6 cm³/mol. The van der Waals surface area contributed by atoms with Crippen molar-refractivity contribution >= 4 is 5.82 Å². The van der Waals surface area contributed by atoms with E-state index in [1.54, 1.807) is 6.20 Å². The van der Waals surface area contributed by atoms with Crippen LogP contribution in [0.4, 0.5) is 5.82 Å². The van der Waals surface area contributed by atoms with Crippen LogP contribution in [0.1, 0.15) is 24.8 Å². The molecule has 1 aliphatic carbocycles. The van der Waals surface area contributed by atoms with E-state index in [4.69, 9.17) is 5.84 Å². The molecule has 1 saturated carbocycles. The van der Waals surface area contributed by atoms with Gasteiger partial charge >= 0.3 is 0 Å². The van der Waals surface area contributed by atoms with Crippen molar-refractivity contribution in [3.05, 3.63) is 23.9 Å². The summed E-state index contributed by atoms with van der Waals surface area (Å²) in [6.07, 6.45) is 5.97. The van der Waals surface area contributed by atoms with Crippen LogP contribution in [0.2, 0.25) is 0 Å². The van der Waals surface area contributed by atoms with Gasteiger partial charge < -0.3 is 5.43 Å². The number of nitrogens with one attached hydrogen (secondary N) is 1. The van der Waals surface area contributed by atoms with E-state index < -0.39 is 0 Å². The van der Waals surface area contributed by atoms with E-state index in [0.29, 0.717) is 0 Å². The second-order valence-electron chi connectivity index (χ2n) is 4.92. The Balaban J connectivity index is 1.74. The lowest BCUT2D eigenvalue weighted by atomic mass is 10.1. The fraction of sp³-hybridized carbons (Fsp3) is 0.583. The zero-order valence-corrected chi connectivity index (χ0v) is 9.39. The number of nitrogens with zero attached hydrogens (tertiary/aromatic N) is 2. The molecule has 1 saturated heterocycles. The molecule has 2 aliphatic rings. The van der Waals surface area contributed by atoms with Crippen LogP contribution < -0.4 is 11.3 Å². The number of aromatic nitrogens is 1. The third-order valence-electron chi connectivity index (χ3n) is 3.92. The number of fused-ring (bicyclic) bond motifs is 2. The SMILES string of the molecule is NNc1ncccc1CN1CC2CCC1C2. The van der Waals surface area contributed by atoms with E-state index in [-0.39, 0.29) is 0 Å². The molecule has 1 aromatic rings. The third kappa shape index (κ3) is 1.68. The molecule has 2 atom stereocenters. The number of anilines is 1. The average molecular weight is 218 g/mol. The molecular formula is C12H18N4. The van der Waals surface area contributed by atoms with Gasteiger partial charge in [0.1, 0.15) is 5.82 Å². The molecule has 86 valence electrons. The zero-order chi connectivity index (χ0) is 11.0. The van der Waals surface area contributed by atoms with E-state index >= 15 is 0 Å². The fourth-order valence-electron chi connectivity index (χ4n) is 3.14. The Morgan fingerprint density at radius 1 is 1.50 bits per heavy atom. The molecule has 1 aliphatic heterocycles. The Labute approximate surface area is 95.8 Å². The molecule has 0 aromatic carbocycles. The number of nitrogen functional groups attached to an aromatic ring is 1. The lowest BCUT2D eigenvalue weighted by Crippen LogP contribution is -2.31. The first-order chi connectivity index (χ1) is 7.86. The molecule has 4 nitrogen and oxygen atoms in total. The van der Waals surface area contributed by atoms with Crippen molar-refractivity contribution in [3.8, 4) is 0 Å². The number of hydrogen-bond donors (Lipinski definition) is 2. The third-order valence-corrected chi connectivity index (χ3v) is 3.92. The van der Waals surface area contributed by atoms with Crippen molar-refractivity contribution in [3.63, 3.8) is 0 Å². The summed E-state index contributed by atoms with van der Waals surface area (Å²) in [5, 5.41) is 0. The summed E-state index contributed by atoms with van der Waals surface area (Å²) in [5.74, 6) is 7.22. The Kier molecular flexibility index (Phi) is 2.53. The lowest BCUT2D eigenvalue weighted by molar-refractivity contribution is 0.205. The molecular weight excluding hydrogens is 200 g/mol. The van der Waals surface area contributed by atoms with Gasteiger partial charge in [0, 0.05) is 30.9 Å². The largest absolute Gasteiger partial charge is 0.308 e. The molecule has 1 aromatic heterocycles. The van der Waals surface area contributed by atoms with Crippen LogP contribution in [0.5, 0.6) is 0 Å². The van der Waals surface area contributed by atoms with Gasteiger partial charge in [0.25, 0.3) is 0 Å². The first-order valence-corrected chi connectivity index (χ1v) is 6.01. The summed E-state index contributed by atoms with van der Waals surface area (Å²) in [6, 6.07) is 4.88. The molecule has 0 radical (unpaired) electrons.